The average molecular weight is 347 g/mol. The van der Waals surface area contributed by atoms with Crippen molar-refractivity contribution in [2.24, 2.45) is 0 Å². The Kier molecular flexibility index (Phi) is 4.76. The number of methoxy groups -OCH3 is 1. The van der Waals surface area contributed by atoms with Crippen LogP contribution >= 0.6 is 11.6 Å². The fourth-order valence-electron chi connectivity index (χ4n) is 2.04. The largest absolute Gasteiger partial charge is 0.480 e. The lowest BCUT2D eigenvalue weighted by molar-refractivity contribution is 0.240. The number of ether oxygens (including phenoxy) is 1. The highest BCUT2D eigenvalue weighted by Gasteiger charge is 2.09. The van der Waals surface area contributed by atoms with E-state index in [1.165, 1.54) is 11.6 Å². The van der Waals surface area contributed by atoms with Crippen LogP contribution in [0.3, 0.4) is 0 Å². The number of carbonyl (C=O) groups is 1. The first-order chi connectivity index (χ1) is 11.7. The second kappa shape index (κ2) is 7.14. The molecule has 9 heteroatoms. The highest BCUT2D eigenvalue weighted by molar-refractivity contribution is 6.30. The summed E-state index contributed by atoms with van der Waals surface area (Å²) in [5.74, 6) is 0.946. The van der Waals surface area contributed by atoms with E-state index in [0.717, 1.165) is 5.56 Å². The van der Waals surface area contributed by atoms with Gasteiger partial charge in [0, 0.05) is 17.6 Å². The Morgan fingerprint density at radius 1 is 1.12 bits per heavy atom. The van der Waals surface area contributed by atoms with Crippen LogP contribution in [0.5, 0.6) is 5.88 Å². The Hall–Kier alpha value is -2.87. The molecule has 124 valence electrons. The van der Waals surface area contributed by atoms with E-state index in [2.05, 4.69) is 25.9 Å². The molecule has 0 saturated carbocycles. The van der Waals surface area contributed by atoms with Crippen molar-refractivity contribution in [1.29, 1.82) is 0 Å². The fraction of sp³-hybridized carbons (Fsp3) is 0.200. The number of nitrogens with zero attached hydrogens (tertiary/aromatic N) is 4. The normalized spacial score (nSPS) is 10.6. The lowest BCUT2D eigenvalue weighted by Gasteiger charge is -2.07. The Morgan fingerprint density at radius 3 is 2.62 bits per heavy atom. The third-order valence-corrected chi connectivity index (χ3v) is 3.54. The maximum absolute atomic E-state index is 11.9. The standard InChI is InChI=1S/C15H15ClN6O2/c1-24-14-7-6-12-19-20-13(22(12)21-14)9-18-15(23)17-8-10-2-4-11(16)5-3-10/h2-7H,8-9H2,1H3,(H2,17,18,23). The molecule has 0 saturated heterocycles. The first kappa shape index (κ1) is 16.0. The summed E-state index contributed by atoms with van der Waals surface area (Å²) >= 11 is 5.82. The highest BCUT2D eigenvalue weighted by Crippen LogP contribution is 2.09. The van der Waals surface area contributed by atoms with Gasteiger partial charge in [0.05, 0.1) is 13.7 Å². The van der Waals surface area contributed by atoms with Gasteiger partial charge in [-0.15, -0.1) is 15.3 Å². The summed E-state index contributed by atoms with van der Waals surface area (Å²) in [5.41, 5.74) is 1.53. The molecule has 0 aliphatic carbocycles. The summed E-state index contributed by atoms with van der Waals surface area (Å²) in [4.78, 5) is 11.9. The van der Waals surface area contributed by atoms with Gasteiger partial charge in [-0.2, -0.15) is 4.52 Å². The van der Waals surface area contributed by atoms with E-state index < -0.39 is 0 Å². The van der Waals surface area contributed by atoms with Crippen LogP contribution in [0.2, 0.25) is 5.02 Å². The molecule has 2 N–H and O–H groups in total. The van der Waals surface area contributed by atoms with Gasteiger partial charge < -0.3 is 15.4 Å². The van der Waals surface area contributed by atoms with Crippen molar-refractivity contribution in [1.82, 2.24) is 30.4 Å². The number of hydrogen-bond donors (Lipinski definition) is 2. The quantitative estimate of drug-likeness (QED) is 0.734. The zero-order valence-corrected chi connectivity index (χ0v) is 13.6. The monoisotopic (exact) mass is 346 g/mol. The van der Waals surface area contributed by atoms with Crippen LogP contribution in [0, 0.1) is 0 Å². The van der Waals surface area contributed by atoms with E-state index in [1.807, 2.05) is 12.1 Å². The fourth-order valence-corrected chi connectivity index (χ4v) is 2.17. The molecule has 3 rings (SSSR count). The van der Waals surface area contributed by atoms with Crippen LogP contribution < -0.4 is 15.4 Å². The number of rotatable bonds is 5. The van der Waals surface area contributed by atoms with Gasteiger partial charge in [0.1, 0.15) is 0 Å². The molecule has 2 heterocycles. The summed E-state index contributed by atoms with van der Waals surface area (Å²) in [6.07, 6.45) is 0. The van der Waals surface area contributed by atoms with Crippen LogP contribution in [0.1, 0.15) is 11.4 Å². The molecular formula is C15H15ClN6O2. The van der Waals surface area contributed by atoms with Crippen LogP contribution in [-0.2, 0) is 13.1 Å². The van der Waals surface area contributed by atoms with Crippen LogP contribution in [0.4, 0.5) is 4.79 Å². The molecule has 1 aromatic carbocycles. The Bertz CT molecular complexity index is 849. The molecule has 0 bridgehead atoms. The first-order valence-corrected chi connectivity index (χ1v) is 7.55. The Balaban J connectivity index is 1.57. The van der Waals surface area contributed by atoms with E-state index in [0.29, 0.717) is 28.9 Å². The van der Waals surface area contributed by atoms with Crippen LogP contribution in [0.15, 0.2) is 36.4 Å². The minimum absolute atomic E-state index is 0.188. The van der Waals surface area contributed by atoms with Gasteiger partial charge in [-0.1, -0.05) is 23.7 Å². The SMILES string of the molecule is COc1ccc2nnc(CNC(=O)NCc3ccc(Cl)cc3)n2n1. The van der Waals surface area contributed by atoms with E-state index in [9.17, 15) is 4.79 Å². The van der Waals surface area contributed by atoms with Gasteiger partial charge in [-0.3, -0.25) is 0 Å². The number of carbonyl (C=O) groups excluding carboxylic acids is 1. The zero-order chi connectivity index (χ0) is 16.9. The van der Waals surface area contributed by atoms with Crippen molar-refractivity contribution in [3.63, 3.8) is 0 Å². The number of hydrogen-bond acceptors (Lipinski definition) is 5. The van der Waals surface area contributed by atoms with Crippen molar-refractivity contribution < 1.29 is 9.53 Å². The van der Waals surface area contributed by atoms with Crippen molar-refractivity contribution in [2.45, 2.75) is 13.1 Å². The van der Waals surface area contributed by atoms with Crippen molar-refractivity contribution in [3.8, 4) is 5.88 Å². The minimum Gasteiger partial charge on any atom is -0.480 e. The molecule has 2 aromatic heterocycles. The van der Waals surface area contributed by atoms with E-state index in [4.69, 9.17) is 16.3 Å². The molecule has 0 spiro atoms. The van der Waals surface area contributed by atoms with Crippen LogP contribution in [0.25, 0.3) is 5.65 Å². The third kappa shape index (κ3) is 3.72. The summed E-state index contributed by atoms with van der Waals surface area (Å²) in [6, 6.07) is 10.4. The van der Waals surface area contributed by atoms with E-state index in [-0.39, 0.29) is 12.6 Å². The highest BCUT2D eigenvalue weighted by atomic mass is 35.5. The predicted molar refractivity (Wildman–Crippen MR) is 87.9 cm³/mol. The second-order valence-electron chi connectivity index (χ2n) is 4.92. The van der Waals surface area contributed by atoms with Gasteiger partial charge in [0.2, 0.25) is 5.88 Å². The molecule has 0 atom stereocenters. The molecule has 3 aromatic rings. The maximum Gasteiger partial charge on any atom is 0.315 e. The number of aromatic nitrogens is 4. The van der Waals surface area contributed by atoms with E-state index >= 15 is 0 Å². The van der Waals surface area contributed by atoms with Gasteiger partial charge in [0.15, 0.2) is 11.5 Å². The molecule has 0 radical (unpaired) electrons. The molecule has 0 fully saturated rings. The maximum atomic E-state index is 11.9. The Morgan fingerprint density at radius 2 is 1.88 bits per heavy atom. The molecule has 2 amide bonds. The smallest absolute Gasteiger partial charge is 0.315 e. The number of nitrogens with one attached hydrogen (secondary N) is 2. The van der Waals surface area contributed by atoms with Gasteiger partial charge >= 0.3 is 6.03 Å². The molecule has 0 aliphatic heterocycles. The number of urea groups is 1. The van der Waals surface area contributed by atoms with Crippen molar-refractivity contribution in [3.05, 3.63) is 52.8 Å². The molecule has 0 aliphatic rings. The van der Waals surface area contributed by atoms with Gasteiger partial charge in [0.25, 0.3) is 0 Å². The van der Waals surface area contributed by atoms with Crippen molar-refractivity contribution >= 4 is 23.3 Å². The number of amides is 2. The van der Waals surface area contributed by atoms with E-state index in [1.54, 1.807) is 24.3 Å². The summed E-state index contributed by atoms with van der Waals surface area (Å²) in [6.45, 7) is 0.587. The van der Waals surface area contributed by atoms with Crippen LogP contribution in [-0.4, -0.2) is 33.0 Å². The predicted octanol–water partition coefficient (Wildman–Crippen LogP) is 1.79. The second-order valence-corrected chi connectivity index (χ2v) is 5.36. The molecular weight excluding hydrogens is 332 g/mol. The van der Waals surface area contributed by atoms with Crippen molar-refractivity contribution in [2.75, 3.05) is 7.11 Å². The summed E-state index contributed by atoms with van der Waals surface area (Å²) in [7, 11) is 1.53. The lowest BCUT2D eigenvalue weighted by Crippen LogP contribution is -2.35. The minimum atomic E-state index is -0.315. The third-order valence-electron chi connectivity index (χ3n) is 3.29. The summed E-state index contributed by atoms with van der Waals surface area (Å²) in [5, 5.41) is 18.3. The topological polar surface area (TPSA) is 93.4 Å². The zero-order valence-electron chi connectivity index (χ0n) is 12.9. The lowest BCUT2D eigenvalue weighted by atomic mass is 10.2. The molecule has 8 nitrogen and oxygen atoms in total. The molecule has 24 heavy (non-hydrogen) atoms. The average Bonchev–Trinajstić information content (AvgIpc) is 3.01. The Labute approximate surface area is 142 Å². The summed E-state index contributed by atoms with van der Waals surface area (Å²) < 4.78 is 6.60. The number of benzene rings is 1. The first-order valence-electron chi connectivity index (χ1n) is 7.17. The number of halogens is 1. The van der Waals surface area contributed by atoms with Gasteiger partial charge in [-0.05, 0) is 23.8 Å². The van der Waals surface area contributed by atoms with Gasteiger partial charge in [-0.25, -0.2) is 4.79 Å². The number of fused-ring (bicyclic) bond motifs is 1. The molecule has 0 unspecified atom stereocenters.